The van der Waals surface area contributed by atoms with Crippen LogP contribution in [0.15, 0.2) is 18.2 Å². The molecular weight excluding hydrogens is 264 g/mol. The maximum absolute atomic E-state index is 12.5. The van der Waals surface area contributed by atoms with Crippen LogP contribution in [-0.2, 0) is 16.4 Å². The van der Waals surface area contributed by atoms with Crippen molar-refractivity contribution < 1.29 is 13.5 Å². The third-order valence-corrected chi connectivity index (χ3v) is 5.47. The molecule has 1 aliphatic rings. The average Bonchev–Trinajstić information content (AvgIpc) is 2.39. The number of phenolic OH excluding ortho intramolecular Hbond substituents is 1. The van der Waals surface area contributed by atoms with Crippen molar-refractivity contribution in [3.8, 4) is 11.8 Å². The first-order chi connectivity index (χ1) is 9.02. The van der Waals surface area contributed by atoms with E-state index in [9.17, 15) is 13.5 Å². The number of hydrogen-bond donors (Lipinski definition) is 1. The second kappa shape index (κ2) is 5.10. The number of nitrogens with zero attached hydrogens (tertiary/aromatic N) is 2. The number of fused-ring (bicyclic) bond motifs is 1. The Balaban J connectivity index is 2.54. The highest BCUT2D eigenvalue weighted by Crippen LogP contribution is 2.38. The van der Waals surface area contributed by atoms with Gasteiger partial charge in [0, 0.05) is 6.54 Å². The molecule has 1 heterocycles. The van der Waals surface area contributed by atoms with Crippen molar-refractivity contribution in [2.45, 2.75) is 31.4 Å². The molecule has 102 valence electrons. The molecule has 2 rings (SSSR count). The van der Waals surface area contributed by atoms with Gasteiger partial charge in [-0.1, -0.05) is 19.1 Å². The summed E-state index contributed by atoms with van der Waals surface area (Å²) in [6.07, 6.45) is 1.66. The van der Waals surface area contributed by atoms with Crippen LogP contribution < -0.4 is 4.31 Å². The fourth-order valence-corrected chi connectivity index (χ4v) is 4.08. The molecule has 0 aliphatic carbocycles. The quantitative estimate of drug-likeness (QED) is 0.915. The molecule has 1 aliphatic heterocycles. The fraction of sp³-hybridized carbons (Fsp3) is 0.462. The third kappa shape index (κ3) is 2.26. The van der Waals surface area contributed by atoms with Gasteiger partial charge in [0.2, 0.25) is 0 Å². The Kier molecular flexibility index (Phi) is 3.67. The molecule has 1 unspecified atom stereocenters. The molecule has 19 heavy (non-hydrogen) atoms. The van der Waals surface area contributed by atoms with Gasteiger partial charge < -0.3 is 5.11 Å². The van der Waals surface area contributed by atoms with Gasteiger partial charge >= 0.3 is 0 Å². The number of phenols is 1. The van der Waals surface area contributed by atoms with Crippen molar-refractivity contribution in [1.82, 2.24) is 0 Å². The Morgan fingerprint density at radius 2 is 2.26 bits per heavy atom. The maximum atomic E-state index is 12.5. The van der Waals surface area contributed by atoms with Gasteiger partial charge in [0.15, 0.2) is 5.25 Å². The molecule has 5 nitrogen and oxygen atoms in total. The molecule has 6 heteroatoms. The van der Waals surface area contributed by atoms with Crippen molar-refractivity contribution in [2.75, 3.05) is 10.8 Å². The Hall–Kier alpha value is -1.74. The number of para-hydroxylation sites is 1. The summed E-state index contributed by atoms with van der Waals surface area (Å²) in [7, 11) is -3.75. The van der Waals surface area contributed by atoms with Crippen LogP contribution in [0.5, 0.6) is 5.75 Å². The lowest BCUT2D eigenvalue weighted by Gasteiger charge is -2.32. The van der Waals surface area contributed by atoms with E-state index in [1.807, 2.05) is 12.1 Å². The minimum Gasteiger partial charge on any atom is -0.506 e. The number of sulfonamides is 1. The zero-order valence-electron chi connectivity index (χ0n) is 10.7. The number of anilines is 1. The van der Waals surface area contributed by atoms with Crippen LogP contribution >= 0.6 is 0 Å². The van der Waals surface area contributed by atoms with E-state index in [4.69, 9.17) is 5.26 Å². The van der Waals surface area contributed by atoms with Gasteiger partial charge in [-0.25, -0.2) is 8.42 Å². The molecule has 0 saturated carbocycles. The average molecular weight is 280 g/mol. The topological polar surface area (TPSA) is 81.4 Å². The Morgan fingerprint density at radius 1 is 1.53 bits per heavy atom. The monoisotopic (exact) mass is 280 g/mol. The van der Waals surface area contributed by atoms with Crippen molar-refractivity contribution in [3.05, 3.63) is 23.8 Å². The van der Waals surface area contributed by atoms with Gasteiger partial charge in [-0.15, -0.1) is 0 Å². The van der Waals surface area contributed by atoms with Crippen LogP contribution in [-0.4, -0.2) is 25.3 Å². The fourth-order valence-electron chi connectivity index (χ4n) is 2.37. The van der Waals surface area contributed by atoms with Gasteiger partial charge in [-0.05, 0) is 30.9 Å². The molecule has 0 fully saturated rings. The van der Waals surface area contributed by atoms with Crippen molar-refractivity contribution in [3.63, 3.8) is 0 Å². The van der Waals surface area contributed by atoms with Crippen molar-refractivity contribution in [2.24, 2.45) is 0 Å². The van der Waals surface area contributed by atoms with Crippen molar-refractivity contribution in [1.29, 1.82) is 5.26 Å². The van der Waals surface area contributed by atoms with E-state index < -0.39 is 15.3 Å². The minimum atomic E-state index is -3.75. The van der Waals surface area contributed by atoms with E-state index >= 15 is 0 Å². The minimum absolute atomic E-state index is 0.0476. The lowest BCUT2D eigenvalue weighted by atomic mass is 10.0. The zero-order chi connectivity index (χ0) is 14.0. The summed E-state index contributed by atoms with van der Waals surface area (Å²) in [5, 5.41) is 17.8. The van der Waals surface area contributed by atoms with E-state index in [2.05, 4.69) is 0 Å². The van der Waals surface area contributed by atoms with Gasteiger partial charge in [0.1, 0.15) is 5.75 Å². The molecule has 1 aromatic rings. The molecule has 0 spiro atoms. The smallest absolute Gasteiger partial charge is 0.251 e. The number of nitriles is 1. The second-order valence-electron chi connectivity index (χ2n) is 4.53. The van der Waals surface area contributed by atoms with E-state index in [0.29, 0.717) is 18.7 Å². The highest BCUT2D eigenvalue weighted by molar-refractivity contribution is 7.93. The summed E-state index contributed by atoms with van der Waals surface area (Å²) in [5.74, 6) is -0.0476. The predicted octanol–water partition coefficient (Wildman–Crippen LogP) is 1.78. The molecular formula is C13H16N2O3S. The molecule has 0 bridgehead atoms. The summed E-state index contributed by atoms with van der Waals surface area (Å²) < 4.78 is 26.1. The summed E-state index contributed by atoms with van der Waals surface area (Å²) in [5.41, 5.74) is 1.14. The van der Waals surface area contributed by atoms with Crippen LogP contribution in [0.25, 0.3) is 0 Å². The number of rotatable bonds is 3. The third-order valence-electron chi connectivity index (χ3n) is 3.34. The van der Waals surface area contributed by atoms with Crippen LogP contribution in [0.1, 0.15) is 25.3 Å². The number of aromatic hydroxyl groups is 1. The molecule has 1 aromatic carbocycles. The van der Waals surface area contributed by atoms with Crippen LogP contribution in [0.2, 0.25) is 0 Å². The molecule has 1 atom stereocenters. The molecule has 0 radical (unpaired) electrons. The van der Waals surface area contributed by atoms with E-state index in [1.54, 1.807) is 13.0 Å². The number of aryl methyl sites for hydroxylation is 1. The van der Waals surface area contributed by atoms with Gasteiger partial charge in [0.05, 0.1) is 11.8 Å². The normalized spacial score (nSPS) is 16.5. The Morgan fingerprint density at radius 3 is 2.89 bits per heavy atom. The first-order valence-electron chi connectivity index (χ1n) is 6.24. The number of benzene rings is 1. The van der Waals surface area contributed by atoms with Crippen LogP contribution in [0.4, 0.5) is 5.69 Å². The van der Waals surface area contributed by atoms with Gasteiger partial charge in [-0.3, -0.25) is 4.31 Å². The largest absolute Gasteiger partial charge is 0.506 e. The first-order valence-corrected chi connectivity index (χ1v) is 7.74. The number of hydrogen-bond acceptors (Lipinski definition) is 4. The van der Waals surface area contributed by atoms with Crippen LogP contribution in [0, 0.1) is 11.3 Å². The van der Waals surface area contributed by atoms with Crippen LogP contribution in [0.3, 0.4) is 0 Å². The SMILES string of the molecule is CCC(C#N)S(=O)(=O)N1CCCc2cccc(O)c21. The Bertz CT molecular complexity index is 619. The highest BCUT2D eigenvalue weighted by atomic mass is 32.2. The maximum Gasteiger partial charge on any atom is 0.251 e. The molecule has 1 N–H and O–H groups in total. The highest BCUT2D eigenvalue weighted by Gasteiger charge is 2.35. The summed E-state index contributed by atoms with van der Waals surface area (Å²) in [6.45, 7) is 1.98. The van der Waals surface area contributed by atoms with E-state index in [0.717, 1.165) is 12.0 Å². The molecule has 0 aromatic heterocycles. The summed E-state index contributed by atoms with van der Waals surface area (Å²) >= 11 is 0. The predicted molar refractivity (Wildman–Crippen MR) is 72.4 cm³/mol. The molecule has 0 saturated heterocycles. The zero-order valence-corrected chi connectivity index (χ0v) is 11.5. The summed E-state index contributed by atoms with van der Waals surface area (Å²) in [6, 6.07) is 6.81. The lowest BCUT2D eigenvalue weighted by Crippen LogP contribution is -2.41. The molecule has 0 amide bonds. The van der Waals surface area contributed by atoms with Gasteiger partial charge in [-0.2, -0.15) is 5.26 Å². The van der Waals surface area contributed by atoms with Crippen molar-refractivity contribution >= 4 is 15.7 Å². The van der Waals surface area contributed by atoms with E-state index in [1.165, 1.54) is 10.4 Å². The summed E-state index contributed by atoms with van der Waals surface area (Å²) in [4.78, 5) is 0. The second-order valence-corrected chi connectivity index (χ2v) is 6.57. The van der Waals surface area contributed by atoms with Gasteiger partial charge in [0.25, 0.3) is 10.0 Å². The first kappa shape index (κ1) is 13.7. The Labute approximate surface area is 113 Å². The standard InChI is InChI=1S/C13H16N2O3S/c1-2-11(9-14)19(17,18)15-8-4-6-10-5-3-7-12(16)13(10)15/h3,5,7,11,16H,2,4,6,8H2,1H3. The lowest BCUT2D eigenvalue weighted by molar-refractivity contribution is 0.472. The van der Waals surface area contributed by atoms with E-state index in [-0.39, 0.29) is 12.2 Å².